The molecular weight excluding hydrogens is 282 g/mol. The molecule has 2 amide bonds. The lowest BCUT2D eigenvalue weighted by Gasteiger charge is -2.16. The summed E-state index contributed by atoms with van der Waals surface area (Å²) in [5.41, 5.74) is 0.402. The van der Waals surface area contributed by atoms with Gasteiger partial charge in [-0.15, -0.1) is 0 Å². The van der Waals surface area contributed by atoms with E-state index in [4.69, 9.17) is 16.3 Å². The molecule has 0 aliphatic rings. The highest BCUT2D eigenvalue weighted by Gasteiger charge is 2.15. The Kier molecular flexibility index (Phi) is 6.97. The number of nitrogens with one attached hydrogen (secondary N) is 1. The summed E-state index contributed by atoms with van der Waals surface area (Å²) in [7, 11) is 3.17. The number of carbonyl (C=O) groups excluding carboxylic acids is 2. The highest BCUT2D eigenvalue weighted by atomic mass is 35.5. The molecule has 0 saturated carbocycles. The van der Waals surface area contributed by atoms with E-state index in [1.54, 1.807) is 20.2 Å². The first-order valence-corrected chi connectivity index (χ1v) is 6.55. The molecule has 1 N–H and O–H groups in total. The van der Waals surface area contributed by atoms with Crippen molar-refractivity contribution >= 4 is 23.4 Å². The van der Waals surface area contributed by atoms with Crippen LogP contribution in [0.15, 0.2) is 18.3 Å². The van der Waals surface area contributed by atoms with E-state index in [2.05, 4.69) is 10.3 Å². The first kappa shape index (κ1) is 16.4. The first-order valence-electron chi connectivity index (χ1n) is 6.17. The van der Waals surface area contributed by atoms with Crippen molar-refractivity contribution in [1.29, 1.82) is 0 Å². The van der Waals surface area contributed by atoms with Crippen LogP contribution in [0.3, 0.4) is 0 Å². The minimum absolute atomic E-state index is 0.00818. The highest BCUT2D eigenvalue weighted by molar-refractivity contribution is 6.29. The zero-order valence-corrected chi connectivity index (χ0v) is 12.3. The molecule has 0 saturated heterocycles. The summed E-state index contributed by atoms with van der Waals surface area (Å²) in [6.07, 6.45) is 2.19. The number of pyridine rings is 1. The number of rotatable bonds is 7. The second-order valence-electron chi connectivity index (χ2n) is 4.22. The number of nitrogens with zero attached hydrogens (tertiary/aromatic N) is 2. The average molecular weight is 300 g/mol. The zero-order valence-electron chi connectivity index (χ0n) is 11.6. The Balaban J connectivity index is 2.43. The first-order chi connectivity index (χ1) is 9.54. The second kappa shape index (κ2) is 8.50. The Morgan fingerprint density at radius 2 is 2.25 bits per heavy atom. The largest absolute Gasteiger partial charge is 0.385 e. The van der Waals surface area contributed by atoms with Crippen molar-refractivity contribution in [3.63, 3.8) is 0 Å². The van der Waals surface area contributed by atoms with Crippen molar-refractivity contribution in [3.05, 3.63) is 29.0 Å². The van der Waals surface area contributed by atoms with Crippen LogP contribution in [0, 0.1) is 0 Å². The molecule has 1 heterocycles. The number of ether oxygens (including phenoxy) is 1. The van der Waals surface area contributed by atoms with Crippen LogP contribution < -0.4 is 5.32 Å². The lowest BCUT2D eigenvalue weighted by atomic mass is 10.2. The van der Waals surface area contributed by atoms with Crippen molar-refractivity contribution in [2.75, 3.05) is 33.9 Å². The molecule has 6 nitrogen and oxygen atoms in total. The fourth-order valence-corrected chi connectivity index (χ4v) is 1.72. The predicted molar refractivity (Wildman–Crippen MR) is 75.7 cm³/mol. The zero-order chi connectivity index (χ0) is 15.0. The summed E-state index contributed by atoms with van der Waals surface area (Å²) < 4.78 is 4.88. The minimum Gasteiger partial charge on any atom is -0.385 e. The third-order valence-electron chi connectivity index (χ3n) is 2.55. The van der Waals surface area contributed by atoms with Crippen LogP contribution in [0.1, 0.15) is 16.8 Å². The second-order valence-corrected chi connectivity index (χ2v) is 4.61. The topological polar surface area (TPSA) is 71.5 Å². The summed E-state index contributed by atoms with van der Waals surface area (Å²) in [4.78, 5) is 28.8. The van der Waals surface area contributed by atoms with Crippen LogP contribution in [0.25, 0.3) is 0 Å². The number of halogens is 1. The molecule has 1 aromatic rings. The number of hydrogen-bond acceptors (Lipinski definition) is 4. The number of amides is 2. The number of methoxy groups -OCH3 is 1. The van der Waals surface area contributed by atoms with Crippen LogP contribution in [-0.2, 0) is 9.53 Å². The van der Waals surface area contributed by atoms with Gasteiger partial charge in [-0.05, 0) is 18.6 Å². The Morgan fingerprint density at radius 1 is 1.50 bits per heavy atom. The molecule has 0 unspecified atom stereocenters. The van der Waals surface area contributed by atoms with E-state index < -0.39 is 0 Å². The molecule has 0 aliphatic heterocycles. The Labute approximate surface area is 123 Å². The van der Waals surface area contributed by atoms with Crippen LogP contribution in [-0.4, -0.2) is 55.6 Å². The molecule has 0 fully saturated rings. The lowest BCUT2D eigenvalue weighted by Crippen LogP contribution is -2.38. The fourth-order valence-electron chi connectivity index (χ4n) is 1.54. The standard InChI is InChI=1S/C13H18ClN3O3/c1-17(9-12(18)16-5-3-7-20-2)13(19)10-4-6-15-11(14)8-10/h4,6,8H,3,5,7,9H2,1-2H3,(H,16,18). The van der Waals surface area contributed by atoms with Gasteiger partial charge in [0, 0.05) is 39.1 Å². The molecule has 1 aromatic heterocycles. The van der Waals surface area contributed by atoms with Gasteiger partial charge >= 0.3 is 0 Å². The molecule has 0 atom stereocenters. The quantitative estimate of drug-likeness (QED) is 0.601. The van der Waals surface area contributed by atoms with Crippen molar-refractivity contribution in [3.8, 4) is 0 Å². The van der Waals surface area contributed by atoms with Crippen molar-refractivity contribution < 1.29 is 14.3 Å². The van der Waals surface area contributed by atoms with E-state index in [9.17, 15) is 9.59 Å². The maximum absolute atomic E-state index is 12.0. The molecule has 0 bridgehead atoms. The fraction of sp³-hybridized carbons (Fsp3) is 0.462. The van der Waals surface area contributed by atoms with Crippen LogP contribution in [0.4, 0.5) is 0 Å². The summed E-state index contributed by atoms with van der Waals surface area (Å²) in [6.45, 7) is 1.10. The van der Waals surface area contributed by atoms with Gasteiger partial charge in [0.2, 0.25) is 5.91 Å². The number of hydrogen-bond donors (Lipinski definition) is 1. The van der Waals surface area contributed by atoms with Gasteiger partial charge in [0.25, 0.3) is 5.91 Å². The maximum atomic E-state index is 12.0. The van der Waals surface area contributed by atoms with E-state index in [1.165, 1.54) is 17.2 Å². The molecular formula is C13H18ClN3O3. The average Bonchev–Trinajstić information content (AvgIpc) is 2.42. The summed E-state index contributed by atoms with van der Waals surface area (Å²) in [5, 5.41) is 2.96. The predicted octanol–water partition coefficient (Wildman–Crippen LogP) is 0.960. The number of likely N-dealkylation sites (N-methyl/N-ethyl adjacent to an activating group) is 1. The van der Waals surface area contributed by atoms with Crippen molar-refractivity contribution in [2.45, 2.75) is 6.42 Å². The van der Waals surface area contributed by atoms with Crippen LogP contribution in [0.5, 0.6) is 0 Å². The molecule has 20 heavy (non-hydrogen) atoms. The number of aromatic nitrogens is 1. The van der Waals surface area contributed by atoms with Gasteiger partial charge in [-0.25, -0.2) is 4.98 Å². The van der Waals surface area contributed by atoms with Gasteiger partial charge in [-0.1, -0.05) is 11.6 Å². The lowest BCUT2D eigenvalue weighted by molar-refractivity contribution is -0.121. The summed E-state index contributed by atoms with van der Waals surface area (Å²) >= 11 is 5.72. The molecule has 0 spiro atoms. The maximum Gasteiger partial charge on any atom is 0.254 e. The van der Waals surface area contributed by atoms with E-state index in [0.29, 0.717) is 18.7 Å². The molecule has 0 radical (unpaired) electrons. The Bertz CT molecular complexity index is 468. The molecule has 110 valence electrons. The monoisotopic (exact) mass is 299 g/mol. The highest BCUT2D eigenvalue weighted by Crippen LogP contribution is 2.08. The van der Waals surface area contributed by atoms with Gasteiger partial charge < -0.3 is 15.0 Å². The smallest absolute Gasteiger partial charge is 0.254 e. The van der Waals surface area contributed by atoms with Gasteiger partial charge in [0.15, 0.2) is 0 Å². The third kappa shape index (κ3) is 5.54. The van der Waals surface area contributed by atoms with Gasteiger partial charge in [-0.2, -0.15) is 0 Å². The molecule has 1 rings (SSSR count). The van der Waals surface area contributed by atoms with E-state index in [0.717, 1.165) is 6.42 Å². The Morgan fingerprint density at radius 3 is 2.90 bits per heavy atom. The normalized spacial score (nSPS) is 10.2. The summed E-state index contributed by atoms with van der Waals surface area (Å²) in [6, 6.07) is 3.03. The van der Waals surface area contributed by atoms with E-state index in [-0.39, 0.29) is 23.5 Å². The summed E-state index contributed by atoms with van der Waals surface area (Å²) in [5.74, 6) is -0.488. The van der Waals surface area contributed by atoms with Crippen molar-refractivity contribution in [1.82, 2.24) is 15.2 Å². The molecule has 7 heteroatoms. The van der Waals surface area contributed by atoms with Gasteiger partial charge in [0.1, 0.15) is 5.15 Å². The van der Waals surface area contributed by atoms with E-state index in [1.807, 2.05) is 0 Å². The molecule has 0 aromatic carbocycles. The van der Waals surface area contributed by atoms with Gasteiger partial charge in [-0.3, -0.25) is 9.59 Å². The van der Waals surface area contributed by atoms with Crippen molar-refractivity contribution in [2.24, 2.45) is 0 Å². The van der Waals surface area contributed by atoms with Crippen LogP contribution in [0.2, 0.25) is 5.15 Å². The Hall–Kier alpha value is -1.66. The SMILES string of the molecule is COCCCNC(=O)CN(C)C(=O)c1ccnc(Cl)c1. The molecule has 0 aliphatic carbocycles. The minimum atomic E-state index is -0.277. The van der Waals surface area contributed by atoms with Crippen LogP contribution >= 0.6 is 11.6 Å². The van der Waals surface area contributed by atoms with E-state index >= 15 is 0 Å². The van der Waals surface area contributed by atoms with Gasteiger partial charge in [0.05, 0.1) is 6.54 Å². The number of carbonyl (C=O) groups is 2. The third-order valence-corrected chi connectivity index (χ3v) is 2.76.